The van der Waals surface area contributed by atoms with Crippen LogP contribution in [0, 0.1) is 0 Å². The number of para-hydroxylation sites is 5. The van der Waals surface area contributed by atoms with E-state index in [0.29, 0.717) is 0 Å². The molecule has 0 radical (unpaired) electrons. The minimum absolute atomic E-state index is 1.10. The Morgan fingerprint density at radius 3 is 0.745 bits per heavy atom. The second-order valence-electron chi connectivity index (χ2n) is 24.2. The van der Waals surface area contributed by atoms with Gasteiger partial charge in [0.05, 0.1) is 56.5 Å². The van der Waals surface area contributed by atoms with Crippen LogP contribution in [-0.2, 0) is 0 Å². The van der Waals surface area contributed by atoms with Gasteiger partial charge >= 0.3 is 0 Å². The molecule has 19 aromatic rings. The fraction of sp³-hybridized carbons (Fsp3) is 0. The van der Waals surface area contributed by atoms with Gasteiger partial charge in [-0.1, -0.05) is 206 Å². The number of pyridine rings is 2. The number of hydrogen-bond donors (Lipinski definition) is 0. The number of nitrogens with zero attached hydrogens (tertiary/aromatic N) is 6. The molecule has 0 N–H and O–H groups in total. The Balaban J connectivity index is 0.000000139. The third-order valence-electron chi connectivity index (χ3n) is 18.9. The van der Waals surface area contributed by atoms with Crippen LogP contribution in [0.15, 0.2) is 352 Å². The van der Waals surface area contributed by atoms with E-state index in [1.54, 1.807) is 0 Å². The zero-order valence-electron chi connectivity index (χ0n) is 51.2. The van der Waals surface area contributed by atoms with Crippen molar-refractivity contribution in [3.05, 3.63) is 352 Å². The largest absolute Gasteiger partial charge is 0.309 e. The zero-order valence-corrected chi connectivity index (χ0v) is 51.2. The van der Waals surface area contributed by atoms with E-state index in [2.05, 4.69) is 356 Å². The molecule has 0 amide bonds. The molecule has 13 aromatic carbocycles. The summed E-state index contributed by atoms with van der Waals surface area (Å²) in [6.07, 6.45) is 7.71. The molecular weight excluding hydrogens is 1140 g/mol. The number of rotatable bonds is 9. The van der Waals surface area contributed by atoms with Crippen molar-refractivity contribution in [2.24, 2.45) is 0 Å². The fourth-order valence-corrected chi connectivity index (χ4v) is 14.4. The third-order valence-corrected chi connectivity index (χ3v) is 18.9. The predicted octanol–water partition coefficient (Wildman–Crippen LogP) is 22.9. The molecule has 19 rings (SSSR count). The van der Waals surface area contributed by atoms with Crippen molar-refractivity contribution in [2.75, 3.05) is 0 Å². The van der Waals surface area contributed by atoms with Gasteiger partial charge in [0.15, 0.2) is 0 Å². The van der Waals surface area contributed by atoms with Crippen molar-refractivity contribution >= 4 is 87.2 Å². The van der Waals surface area contributed by atoms with E-state index in [9.17, 15) is 0 Å². The van der Waals surface area contributed by atoms with Gasteiger partial charge in [-0.05, 0) is 177 Å². The summed E-state index contributed by atoms with van der Waals surface area (Å²) in [5.41, 5.74) is 26.1. The van der Waals surface area contributed by atoms with Crippen LogP contribution in [0.25, 0.3) is 166 Å². The summed E-state index contributed by atoms with van der Waals surface area (Å²) in [4.78, 5) is 8.95. The van der Waals surface area contributed by atoms with Gasteiger partial charge in [-0.15, -0.1) is 0 Å². The molecule has 0 atom stereocenters. The minimum Gasteiger partial charge on any atom is -0.309 e. The maximum absolute atomic E-state index is 4.51. The van der Waals surface area contributed by atoms with E-state index in [4.69, 9.17) is 0 Å². The average Bonchev–Trinajstić information content (AvgIpc) is 1.65. The monoisotopic (exact) mass is 1200 g/mol. The Morgan fingerprint density at radius 2 is 0.394 bits per heavy atom. The highest BCUT2D eigenvalue weighted by molar-refractivity contribution is 6.14. The molecule has 0 aliphatic rings. The van der Waals surface area contributed by atoms with Crippen molar-refractivity contribution in [3.8, 4) is 78.4 Å². The van der Waals surface area contributed by atoms with Crippen molar-refractivity contribution < 1.29 is 0 Å². The molecule has 0 bridgehead atoms. The first-order chi connectivity index (χ1) is 46.6. The van der Waals surface area contributed by atoms with Crippen LogP contribution in [0.4, 0.5) is 0 Å². The second kappa shape index (κ2) is 22.7. The van der Waals surface area contributed by atoms with Crippen LogP contribution >= 0.6 is 0 Å². The molecule has 0 unspecified atom stereocenters. The Hall–Kier alpha value is -12.6. The van der Waals surface area contributed by atoms with Crippen LogP contribution in [0.5, 0.6) is 0 Å². The summed E-state index contributed by atoms with van der Waals surface area (Å²) < 4.78 is 9.35. The molecule has 6 aromatic heterocycles. The highest BCUT2D eigenvalue weighted by Gasteiger charge is 2.19. The molecule has 0 saturated carbocycles. The molecule has 0 aliphatic carbocycles. The standard InChI is InChI=1S/C47H31N3.C41H27N3/c1-3-9-32(10-4-1)33-19-23-39(24-20-33)50-46-26-22-37(30-43(46)41-27-28-48-31-47(41)50)35-17-15-34(16-18-35)36-21-25-45-42(29-36)40-13-7-8-14-44(40)49(45)38-11-5-2-6-12-38;1-3-9-32(10-4-1)43-38-14-8-7-13-34(38)36-25-30(19-21-39(36)43)28-15-17-29(18-16-28)31-20-22-40-37(26-31)35-23-24-42-27-41(35)44(40)33-11-5-2-6-12-33/h1-31H;1-27H. The zero-order chi connectivity index (χ0) is 62.1. The van der Waals surface area contributed by atoms with Gasteiger partial charge in [-0.2, -0.15) is 0 Å². The average molecular weight is 1200 g/mol. The Morgan fingerprint density at radius 1 is 0.160 bits per heavy atom. The highest BCUT2D eigenvalue weighted by Crippen LogP contribution is 2.41. The molecule has 94 heavy (non-hydrogen) atoms. The Labute approximate surface area is 543 Å². The Bertz CT molecular complexity index is 5870. The van der Waals surface area contributed by atoms with Crippen molar-refractivity contribution in [2.45, 2.75) is 0 Å². The lowest BCUT2D eigenvalue weighted by molar-refractivity contribution is 1.17. The Kier molecular flexibility index (Phi) is 13.1. The van der Waals surface area contributed by atoms with Crippen LogP contribution in [0.3, 0.4) is 0 Å². The van der Waals surface area contributed by atoms with Gasteiger partial charge in [0.25, 0.3) is 0 Å². The van der Waals surface area contributed by atoms with E-state index in [-0.39, 0.29) is 0 Å². The van der Waals surface area contributed by atoms with Crippen molar-refractivity contribution in [1.82, 2.24) is 28.2 Å². The maximum atomic E-state index is 4.51. The van der Waals surface area contributed by atoms with Gasteiger partial charge in [0, 0.05) is 78.2 Å². The van der Waals surface area contributed by atoms with Crippen molar-refractivity contribution in [3.63, 3.8) is 0 Å². The number of benzene rings is 13. The molecular formula is C88H58N6. The summed E-state index contributed by atoms with van der Waals surface area (Å²) in [5, 5.41) is 9.91. The summed E-state index contributed by atoms with van der Waals surface area (Å²) in [7, 11) is 0. The normalized spacial score (nSPS) is 11.6. The van der Waals surface area contributed by atoms with E-state index < -0.39 is 0 Å². The fourth-order valence-electron chi connectivity index (χ4n) is 14.4. The molecule has 440 valence electrons. The van der Waals surface area contributed by atoms with E-state index in [1.807, 2.05) is 24.8 Å². The molecule has 6 heteroatoms. The summed E-state index contributed by atoms with van der Waals surface area (Å²) >= 11 is 0. The molecule has 6 nitrogen and oxygen atoms in total. The molecule has 0 saturated heterocycles. The summed E-state index contributed by atoms with van der Waals surface area (Å²) in [5.74, 6) is 0. The van der Waals surface area contributed by atoms with Crippen LogP contribution in [0.1, 0.15) is 0 Å². The first kappa shape index (κ1) is 54.3. The summed E-state index contributed by atoms with van der Waals surface area (Å²) in [6.45, 7) is 0. The topological polar surface area (TPSA) is 45.5 Å². The number of hydrogen-bond acceptors (Lipinski definition) is 2. The lowest BCUT2D eigenvalue weighted by Crippen LogP contribution is -1.94. The lowest BCUT2D eigenvalue weighted by Gasteiger charge is -2.10. The maximum Gasteiger partial charge on any atom is 0.0724 e. The molecule has 0 fully saturated rings. The van der Waals surface area contributed by atoms with Crippen LogP contribution in [0.2, 0.25) is 0 Å². The van der Waals surface area contributed by atoms with Gasteiger partial charge in [0.1, 0.15) is 0 Å². The minimum atomic E-state index is 1.10. The van der Waals surface area contributed by atoms with Gasteiger partial charge in [0.2, 0.25) is 0 Å². The smallest absolute Gasteiger partial charge is 0.0724 e. The van der Waals surface area contributed by atoms with Crippen LogP contribution in [-0.4, -0.2) is 28.2 Å². The summed E-state index contributed by atoms with van der Waals surface area (Å²) in [6, 6.07) is 118. The number of fused-ring (bicyclic) bond motifs is 12. The van der Waals surface area contributed by atoms with Crippen LogP contribution < -0.4 is 0 Å². The van der Waals surface area contributed by atoms with E-state index in [1.165, 1.54) is 143 Å². The SMILES string of the molecule is c1ccc(-c2ccc(-n3c4ccc(-c5ccc(-c6ccc7c(c6)c6ccccc6n7-c6ccccc6)cc5)cc4c4ccncc43)cc2)cc1.c1ccc(-n2c3ccccc3c3cc(-c4ccc(-c5ccc6c(c5)c5ccncc5n6-c5ccccc5)cc4)ccc32)cc1. The predicted molar refractivity (Wildman–Crippen MR) is 393 cm³/mol. The molecule has 0 aliphatic heterocycles. The van der Waals surface area contributed by atoms with E-state index in [0.717, 1.165) is 22.4 Å². The lowest BCUT2D eigenvalue weighted by atomic mass is 9.98. The first-order valence-corrected chi connectivity index (χ1v) is 32.0. The van der Waals surface area contributed by atoms with Crippen molar-refractivity contribution in [1.29, 1.82) is 0 Å². The highest BCUT2D eigenvalue weighted by atomic mass is 15.0. The van der Waals surface area contributed by atoms with Gasteiger partial charge in [-0.25, -0.2) is 0 Å². The molecule has 6 heterocycles. The first-order valence-electron chi connectivity index (χ1n) is 32.0. The number of aromatic nitrogens is 6. The second-order valence-corrected chi connectivity index (χ2v) is 24.2. The molecule has 0 spiro atoms. The van der Waals surface area contributed by atoms with Gasteiger partial charge in [-0.3, -0.25) is 9.97 Å². The van der Waals surface area contributed by atoms with E-state index >= 15 is 0 Å². The third kappa shape index (κ3) is 9.26. The van der Waals surface area contributed by atoms with Gasteiger partial charge < -0.3 is 18.3 Å². The quantitative estimate of drug-likeness (QED) is 0.145.